The van der Waals surface area contributed by atoms with Crippen LogP contribution in [0.15, 0.2) is 29.4 Å². The third-order valence-corrected chi connectivity index (χ3v) is 4.51. The summed E-state index contributed by atoms with van der Waals surface area (Å²) in [6.07, 6.45) is 1.00. The molecular weight excluding hydrogens is 308 g/mol. The Kier molecular flexibility index (Phi) is 5.83. The molecule has 0 amide bonds. The van der Waals surface area contributed by atoms with Crippen molar-refractivity contribution >= 4 is 17.6 Å². The molecule has 0 saturated carbocycles. The number of nitrogens with zero attached hydrogens (tertiary/aromatic N) is 3. The summed E-state index contributed by atoms with van der Waals surface area (Å²) in [4.78, 5) is 8.66. The van der Waals surface area contributed by atoms with Crippen molar-refractivity contribution in [3.8, 4) is 11.8 Å². The Morgan fingerprint density at radius 3 is 2.61 bits per heavy atom. The van der Waals surface area contributed by atoms with Gasteiger partial charge in [-0.1, -0.05) is 43.3 Å². The number of nitrogen functional groups attached to an aromatic ring is 1. The number of nitriles is 1. The number of anilines is 1. The van der Waals surface area contributed by atoms with Gasteiger partial charge in [-0.2, -0.15) is 5.26 Å². The predicted octanol–water partition coefficient (Wildman–Crippen LogP) is 3.71. The minimum Gasteiger partial charge on any atom is -0.487 e. The molecule has 120 valence electrons. The van der Waals surface area contributed by atoms with Crippen molar-refractivity contribution in [2.75, 3.05) is 5.73 Å². The van der Waals surface area contributed by atoms with E-state index in [1.807, 2.05) is 31.2 Å². The number of nitrogens with two attached hydrogens (primary N) is 1. The summed E-state index contributed by atoms with van der Waals surface area (Å²) < 4.78 is 5.72. The lowest BCUT2D eigenvalue weighted by Crippen LogP contribution is -2.09. The van der Waals surface area contributed by atoms with Gasteiger partial charge in [0, 0.05) is 5.25 Å². The van der Waals surface area contributed by atoms with Crippen LogP contribution in [0.5, 0.6) is 5.75 Å². The average molecular weight is 328 g/mol. The highest BCUT2D eigenvalue weighted by Gasteiger charge is 2.15. The summed E-state index contributed by atoms with van der Waals surface area (Å²) in [5.41, 5.74) is 7.86. The van der Waals surface area contributed by atoms with Crippen molar-refractivity contribution < 1.29 is 4.74 Å². The Balaban J connectivity index is 2.21. The molecule has 0 bridgehead atoms. The molecule has 23 heavy (non-hydrogen) atoms. The number of rotatable bonds is 6. The standard InChI is InChI=1S/C17H20N4OS/c1-4-12(3)23-17-20-15(14(9-18)16(19)21-17)10-22-13-7-5-11(2)6-8-13/h5-8,12H,4,10H2,1-3H3,(H2,19,20,21)/t12-/m1/s1. The highest BCUT2D eigenvalue weighted by molar-refractivity contribution is 7.99. The van der Waals surface area contributed by atoms with E-state index < -0.39 is 0 Å². The van der Waals surface area contributed by atoms with Gasteiger partial charge >= 0.3 is 0 Å². The van der Waals surface area contributed by atoms with Crippen LogP contribution in [0.4, 0.5) is 5.82 Å². The molecule has 0 unspecified atom stereocenters. The van der Waals surface area contributed by atoms with E-state index in [9.17, 15) is 5.26 Å². The van der Waals surface area contributed by atoms with E-state index >= 15 is 0 Å². The van der Waals surface area contributed by atoms with Crippen molar-refractivity contribution in [3.05, 3.63) is 41.1 Å². The van der Waals surface area contributed by atoms with Gasteiger partial charge in [-0.25, -0.2) is 9.97 Å². The molecule has 5 nitrogen and oxygen atoms in total. The van der Waals surface area contributed by atoms with E-state index in [4.69, 9.17) is 10.5 Å². The molecule has 2 N–H and O–H groups in total. The van der Waals surface area contributed by atoms with Gasteiger partial charge in [-0.15, -0.1) is 0 Å². The molecular formula is C17H20N4OS. The zero-order valence-electron chi connectivity index (χ0n) is 13.5. The predicted molar refractivity (Wildman–Crippen MR) is 92.3 cm³/mol. The van der Waals surface area contributed by atoms with Gasteiger partial charge in [0.25, 0.3) is 0 Å². The molecule has 2 rings (SSSR count). The Morgan fingerprint density at radius 2 is 2.00 bits per heavy atom. The summed E-state index contributed by atoms with van der Waals surface area (Å²) in [5.74, 6) is 0.934. The largest absolute Gasteiger partial charge is 0.487 e. The van der Waals surface area contributed by atoms with Crippen LogP contribution in [0.25, 0.3) is 0 Å². The van der Waals surface area contributed by atoms with Crippen LogP contribution in [0.3, 0.4) is 0 Å². The number of aryl methyl sites for hydroxylation is 1. The van der Waals surface area contributed by atoms with E-state index in [1.165, 1.54) is 0 Å². The van der Waals surface area contributed by atoms with Crippen molar-refractivity contribution in [2.45, 2.75) is 44.2 Å². The fraction of sp³-hybridized carbons (Fsp3) is 0.353. The Bertz CT molecular complexity index is 710. The van der Waals surface area contributed by atoms with Crippen molar-refractivity contribution in [2.24, 2.45) is 0 Å². The maximum absolute atomic E-state index is 9.28. The lowest BCUT2D eigenvalue weighted by Gasteiger charge is -2.12. The van der Waals surface area contributed by atoms with Crippen LogP contribution in [0.2, 0.25) is 0 Å². The Hall–Kier alpha value is -2.26. The molecule has 6 heteroatoms. The van der Waals surface area contributed by atoms with Crippen LogP contribution in [-0.4, -0.2) is 15.2 Å². The van der Waals surface area contributed by atoms with Crippen LogP contribution in [-0.2, 0) is 6.61 Å². The van der Waals surface area contributed by atoms with Crippen LogP contribution < -0.4 is 10.5 Å². The van der Waals surface area contributed by atoms with Gasteiger partial charge in [0.2, 0.25) is 0 Å². The molecule has 2 aromatic rings. The molecule has 0 aliphatic rings. The average Bonchev–Trinajstić information content (AvgIpc) is 2.54. The number of hydrogen-bond acceptors (Lipinski definition) is 6. The van der Waals surface area contributed by atoms with Gasteiger partial charge in [0.05, 0.1) is 0 Å². The van der Waals surface area contributed by atoms with E-state index in [0.717, 1.165) is 17.7 Å². The Labute approximate surface area is 140 Å². The number of thioether (sulfide) groups is 1. The van der Waals surface area contributed by atoms with E-state index in [1.54, 1.807) is 11.8 Å². The van der Waals surface area contributed by atoms with Crippen molar-refractivity contribution in [3.63, 3.8) is 0 Å². The molecule has 0 fully saturated rings. The number of ether oxygens (including phenoxy) is 1. The van der Waals surface area contributed by atoms with Gasteiger partial charge in [-0.05, 0) is 25.5 Å². The first-order chi connectivity index (χ1) is 11.0. The zero-order valence-corrected chi connectivity index (χ0v) is 14.4. The summed E-state index contributed by atoms with van der Waals surface area (Å²) in [5, 5.41) is 10.2. The second-order valence-electron chi connectivity index (χ2n) is 5.26. The number of benzene rings is 1. The van der Waals surface area contributed by atoms with Crippen LogP contribution >= 0.6 is 11.8 Å². The monoisotopic (exact) mass is 328 g/mol. The molecule has 0 radical (unpaired) electrons. The smallest absolute Gasteiger partial charge is 0.190 e. The van der Waals surface area contributed by atoms with Gasteiger partial charge in [-0.3, -0.25) is 0 Å². The number of aromatic nitrogens is 2. The molecule has 0 spiro atoms. The normalized spacial score (nSPS) is 11.7. The lowest BCUT2D eigenvalue weighted by molar-refractivity contribution is 0.299. The molecule has 0 aliphatic heterocycles. The zero-order chi connectivity index (χ0) is 16.8. The summed E-state index contributed by atoms with van der Waals surface area (Å²) >= 11 is 1.55. The third kappa shape index (κ3) is 4.60. The van der Waals surface area contributed by atoms with E-state index in [2.05, 4.69) is 29.9 Å². The van der Waals surface area contributed by atoms with Crippen LogP contribution in [0.1, 0.15) is 37.1 Å². The minimum absolute atomic E-state index is 0.187. The summed E-state index contributed by atoms with van der Waals surface area (Å²) in [6.45, 7) is 6.41. The fourth-order valence-corrected chi connectivity index (χ4v) is 2.67. The molecule has 0 saturated heterocycles. The van der Waals surface area contributed by atoms with E-state index in [-0.39, 0.29) is 18.0 Å². The maximum atomic E-state index is 9.28. The first kappa shape index (κ1) is 17.1. The minimum atomic E-state index is 0.187. The van der Waals surface area contributed by atoms with Gasteiger partial charge in [0.1, 0.15) is 35.5 Å². The van der Waals surface area contributed by atoms with E-state index in [0.29, 0.717) is 16.1 Å². The maximum Gasteiger partial charge on any atom is 0.190 e. The fourth-order valence-electron chi connectivity index (χ4n) is 1.83. The lowest BCUT2D eigenvalue weighted by atomic mass is 10.2. The second-order valence-corrected chi connectivity index (χ2v) is 6.67. The number of hydrogen-bond donors (Lipinski definition) is 1. The molecule has 1 aromatic carbocycles. The van der Waals surface area contributed by atoms with Gasteiger partial charge < -0.3 is 10.5 Å². The second kappa shape index (κ2) is 7.84. The van der Waals surface area contributed by atoms with Crippen molar-refractivity contribution in [1.29, 1.82) is 5.26 Å². The topological polar surface area (TPSA) is 84.8 Å². The van der Waals surface area contributed by atoms with Crippen molar-refractivity contribution in [1.82, 2.24) is 9.97 Å². The summed E-state index contributed by atoms with van der Waals surface area (Å²) in [7, 11) is 0. The first-order valence-electron chi connectivity index (χ1n) is 7.46. The molecule has 1 heterocycles. The summed E-state index contributed by atoms with van der Waals surface area (Å²) in [6, 6.07) is 9.79. The Morgan fingerprint density at radius 1 is 1.30 bits per heavy atom. The first-order valence-corrected chi connectivity index (χ1v) is 8.34. The quantitative estimate of drug-likeness (QED) is 0.643. The highest BCUT2D eigenvalue weighted by atomic mass is 32.2. The molecule has 1 atom stereocenters. The SMILES string of the molecule is CC[C@@H](C)Sc1nc(N)c(C#N)c(COc2ccc(C)cc2)n1. The molecule has 0 aliphatic carbocycles. The third-order valence-electron chi connectivity index (χ3n) is 3.38. The highest BCUT2D eigenvalue weighted by Crippen LogP contribution is 2.25. The van der Waals surface area contributed by atoms with Crippen LogP contribution in [0, 0.1) is 18.3 Å². The molecule has 1 aromatic heterocycles. The van der Waals surface area contributed by atoms with Gasteiger partial charge in [0.15, 0.2) is 5.16 Å².